The Morgan fingerprint density at radius 3 is 2.82 bits per heavy atom. The van der Waals surface area contributed by atoms with Gasteiger partial charge in [0.25, 0.3) is 0 Å². The molecular formula is C9H14N2. The minimum atomic E-state index is 0.750. The molecule has 0 fully saturated rings. The fourth-order valence-electron chi connectivity index (χ4n) is 0.995. The molecule has 1 heterocycles. The van der Waals surface area contributed by atoms with Gasteiger partial charge in [-0.05, 0) is 24.2 Å². The van der Waals surface area contributed by atoms with E-state index in [0.29, 0.717) is 0 Å². The largest absolute Gasteiger partial charge is 0.381 e. The summed E-state index contributed by atoms with van der Waals surface area (Å²) in [6, 6.07) is 8.45. The van der Waals surface area contributed by atoms with E-state index in [1.807, 2.05) is 6.92 Å². The van der Waals surface area contributed by atoms with Gasteiger partial charge in [-0.2, -0.15) is 0 Å². The molecule has 1 aromatic rings. The van der Waals surface area contributed by atoms with Crippen LogP contribution in [0.2, 0.25) is 0 Å². The normalized spacial score (nSPS) is 11.5. The Kier molecular flexibility index (Phi) is 2.93. The Balaban J connectivity index is 0.000000179. The van der Waals surface area contributed by atoms with Crippen LogP contribution in [-0.4, -0.2) is 6.54 Å². The SMILES string of the molecule is CCN.c1cc2cc(c1)NC2. The first kappa shape index (κ1) is 8.08. The zero-order valence-corrected chi connectivity index (χ0v) is 6.80. The fourth-order valence-corrected chi connectivity index (χ4v) is 0.995. The van der Waals surface area contributed by atoms with Gasteiger partial charge < -0.3 is 11.1 Å². The predicted molar refractivity (Wildman–Crippen MR) is 48.5 cm³/mol. The average Bonchev–Trinajstić information content (AvgIpc) is 2.33. The van der Waals surface area contributed by atoms with Crippen molar-refractivity contribution >= 4 is 5.69 Å². The van der Waals surface area contributed by atoms with Crippen LogP contribution in [0.15, 0.2) is 24.3 Å². The van der Waals surface area contributed by atoms with E-state index in [9.17, 15) is 0 Å². The molecule has 2 rings (SSSR count). The number of nitrogens with two attached hydrogens (primary N) is 1. The monoisotopic (exact) mass is 150 g/mol. The maximum atomic E-state index is 4.85. The van der Waals surface area contributed by atoms with Crippen LogP contribution in [0, 0.1) is 0 Å². The lowest BCUT2D eigenvalue weighted by Crippen LogP contribution is -1.87. The number of hydrogen-bond donors (Lipinski definition) is 2. The van der Waals surface area contributed by atoms with Crippen molar-refractivity contribution in [3.8, 4) is 0 Å². The van der Waals surface area contributed by atoms with E-state index in [2.05, 4.69) is 29.6 Å². The van der Waals surface area contributed by atoms with Gasteiger partial charge in [-0.1, -0.05) is 19.1 Å². The molecule has 0 amide bonds. The molecule has 1 aromatic carbocycles. The molecule has 1 aliphatic rings. The summed E-state index contributed by atoms with van der Waals surface area (Å²) in [5, 5.41) is 3.22. The molecule has 2 nitrogen and oxygen atoms in total. The van der Waals surface area contributed by atoms with Crippen molar-refractivity contribution in [1.29, 1.82) is 0 Å². The summed E-state index contributed by atoms with van der Waals surface area (Å²) in [5.74, 6) is 0. The molecule has 0 aromatic heterocycles. The summed E-state index contributed by atoms with van der Waals surface area (Å²) in [7, 11) is 0. The van der Waals surface area contributed by atoms with E-state index in [1.165, 1.54) is 11.3 Å². The van der Waals surface area contributed by atoms with Gasteiger partial charge in [0.1, 0.15) is 0 Å². The highest BCUT2D eigenvalue weighted by molar-refractivity contribution is 5.51. The Hall–Kier alpha value is -1.02. The zero-order chi connectivity index (χ0) is 8.10. The summed E-state index contributed by atoms with van der Waals surface area (Å²) in [6.07, 6.45) is 0. The molecule has 2 heteroatoms. The van der Waals surface area contributed by atoms with Crippen molar-refractivity contribution < 1.29 is 0 Å². The molecule has 0 unspecified atom stereocenters. The maximum Gasteiger partial charge on any atom is 0.0401 e. The molecule has 3 N–H and O–H groups in total. The topological polar surface area (TPSA) is 38.0 Å². The van der Waals surface area contributed by atoms with E-state index >= 15 is 0 Å². The highest BCUT2D eigenvalue weighted by Gasteiger charge is 2.00. The van der Waals surface area contributed by atoms with Gasteiger partial charge in [0.2, 0.25) is 0 Å². The number of hydrogen-bond acceptors (Lipinski definition) is 2. The number of benzene rings is 1. The van der Waals surface area contributed by atoms with Crippen molar-refractivity contribution in [3.63, 3.8) is 0 Å². The van der Waals surface area contributed by atoms with Crippen LogP contribution < -0.4 is 11.1 Å². The molecule has 0 atom stereocenters. The first-order chi connectivity index (χ1) is 5.36. The Bertz CT molecular complexity index is 201. The molecule has 1 aliphatic heterocycles. The van der Waals surface area contributed by atoms with Crippen LogP contribution in [0.3, 0.4) is 0 Å². The van der Waals surface area contributed by atoms with Gasteiger partial charge in [-0.25, -0.2) is 0 Å². The third kappa shape index (κ3) is 2.24. The molecule has 0 aliphatic carbocycles. The van der Waals surface area contributed by atoms with Gasteiger partial charge in [-0.3, -0.25) is 0 Å². The Morgan fingerprint density at radius 2 is 2.27 bits per heavy atom. The lowest BCUT2D eigenvalue weighted by atomic mass is 10.2. The highest BCUT2D eigenvalue weighted by Crippen LogP contribution is 2.17. The van der Waals surface area contributed by atoms with Crippen LogP contribution >= 0.6 is 0 Å². The first-order valence-electron chi connectivity index (χ1n) is 3.89. The van der Waals surface area contributed by atoms with E-state index in [0.717, 1.165) is 13.1 Å². The summed E-state index contributed by atoms with van der Waals surface area (Å²) < 4.78 is 0. The third-order valence-corrected chi connectivity index (χ3v) is 1.42. The molecular weight excluding hydrogens is 136 g/mol. The second-order valence-electron chi connectivity index (χ2n) is 2.46. The molecule has 0 saturated heterocycles. The third-order valence-electron chi connectivity index (χ3n) is 1.42. The molecule has 60 valence electrons. The van der Waals surface area contributed by atoms with Crippen molar-refractivity contribution in [3.05, 3.63) is 29.8 Å². The smallest absolute Gasteiger partial charge is 0.0401 e. The van der Waals surface area contributed by atoms with Crippen LogP contribution in [0.1, 0.15) is 12.5 Å². The molecule has 0 spiro atoms. The maximum absolute atomic E-state index is 4.85. The number of rotatable bonds is 0. The molecule has 2 bridgehead atoms. The first-order valence-corrected chi connectivity index (χ1v) is 3.89. The number of anilines is 1. The predicted octanol–water partition coefficient (Wildman–Crippen LogP) is 1.58. The molecule has 11 heavy (non-hydrogen) atoms. The average molecular weight is 150 g/mol. The van der Waals surface area contributed by atoms with Gasteiger partial charge in [-0.15, -0.1) is 0 Å². The van der Waals surface area contributed by atoms with E-state index in [4.69, 9.17) is 5.73 Å². The second-order valence-corrected chi connectivity index (χ2v) is 2.46. The van der Waals surface area contributed by atoms with E-state index in [1.54, 1.807) is 0 Å². The summed E-state index contributed by atoms with van der Waals surface area (Å²) >= 11 is 0. The van der Waals surface area contributed by atoms with Crippen molar-refractivity contribution in [2.45, 2.75) is 13.5 Å². The number of nitrogens with one attached hydrogen (secondary N) is 1. The van der Waals surface area contributed by atoms with Gasteiger partial charge in [0.15, 0.2) is 0 Å². The second kappa shape index (κ2) is 3.98. The quantitative estimate of drug-likeness (QED) is 0.589. The summed E-state index contributed by atoms with van der Waals surface area (Å²) in [5.41, 5.74) is 7.49. The van der Waals surface area contributed by atoms with Crippen molar-refractivity contribution in [1.82, 2.24) is 0 Å². The van der Waals surface area contributed by atoms with Gasteiger partial charge in [0.05, 0.1) is 0 Å². The lowest BCUT2D eigenvalue weighted by Gasteiger charge is -1.87. The van der Waals surface area contributed by atoms with Crippen molar-refractivity contribution in [2.75, 3.05) is 11.9 Å². The van der Waals surface area contributed by atoms with Crippen LogP contribution in [0.25, 0.3) is 0 Å². The summed E-state index contributed by atoms with van der Waals surface area (Å²) in [4.78, 5) is 0. The van der Waals surface area contributed by atoms with E-state index < -0.39 is 0 Å². The van der Waals surface area contributed by atoms with Gasteiger partial charge >= 0.3 is 0 Å². The minimum absolute atomic E-state index is 0.750. The zero-order valence-electron chi connectivity index (χ0n) is 6.80. The number of fused-ring (bicyclic) bond motifs is 2. The van der Waals surface area contributed by atoms with E-state index in [-0.39, 0.29) is 0 Å². The molecule has 0 radical (unpaired) electrons. The summed E-state index contributed by atoms with van der Waals surface area (Å²) in [6.45, 7) is 3.67. The highest BCUT2D eigenvalue weighted by atomic mass is 14.9. The lowest BCUT2D eigenvalue weighted by molar-refractivity contribution is 1.14. The minimum Gasteiger partial charge on any atom is -0.381 e. The molecule has 0 saturated carbocycles. The van der Waals surface area contributed by atoms with Gasteiger partial charge in [0, 0.05) is 12.2 Å². The Labute approximate surface area is 67.4 Å². The van der Waals surface area contributed by atoms with Crippen LogP contribution in [-0.2, 0) is 6.54 Å². The Morgan fingerprint density at radius 1 is 1.55 bits per heavy atom. The van der Waals surface area contributed by atoms with Crippen LogP contribution in [0.4, 0.5) is 5.69 Å². The van der Waals surface area contributed by atoms with Crippen molar-refractivity contribution in [2.24, 2.45) is 5.73 Å². The van der Waals surface area contributed by atoms with Crippen LogP contribution in [0.5, 0.6) is 0 Å². The standard InChI is InChI=1S/C7H7N.C2H7N/c1-2-6-4-7(3-1)8-5-6;1-2-3/h1-4,8H,5H2;2-3H2,1H3. The fraction of sp³-hybridized carbons (Fsp3) is 0.333.